The Kier molecular flexibility index (Phi) is 3.66. The van der Waals surface area contributed by atoms with Gasteiger partial charge < -0.3 is 5.11 Å². The van der Waals surface area contributed by atoms with Crippen molar-refractivity contribution in [1.29, 1.82) is 0 Å². The van der Waals surface area contributed by atoms with Crippen LogP contribution in [-0.2, 0) is 0 Å². The highest BCUT2D eigenvalue weighted by Gasteiger charge is 2.34. The first-order chi connectivity index (χ1) is 13.0. The lowest BCUT2D eigenvalue weighted by Gasteiger charge is -2.22. The predicted molar refractivity (Wildman–Crippen MR) is 96.8 cm³/mol. The van der Waals surface area contributed by atoms with Crippen molar-refractivity contribution in [2.45, 2.75) is 0 Å². The van der Waals surface area contributed by atoms with E-state index in [1.54, 1.807) is 12.1 Å². The topological polar surface area (TPSA) is 113 Å². The fraction of sp³-hybridized carbons (Fsp3) is 0. The van der Waals surface area contributed by atoms with Crippen LogP contribution in [0.25, 0.3) is 10.8 Å². The summed E-state index contributed by atoms with van der Waals surface area (Å²) in [5, 5.41) is 25.8. The molecule has 0 fully saturated rings. The van der Waals surface area contributed by atoms with Crippen LogP contribution < -0.4 is 0 Å². The summed E-state index contributed by atoms with van der Waals surface area (Å²) in [5.41, 5.74) is 0.765. The van der Waals surface area contributed by atoms with E-state index in [4.69, 9.17) is 0 Å². The maximum absolute atomic E-state index is 12.8. The molecule has 1 aliphatic rings. The van der Waals surface area contributed by atoms with Crippen LogP contribution in [0.3, 0.4) is 0 Å². The van der Waals surface area contributed by atoms with Crippen molar-refractivity contribution in [3.05, 3.63) is 81.4 Å². The summed E-state index contributed by atoms with van der Waals surface area (Å²) < 4.78 is 0. The number of carbonyl (C=O) groups excluding carboxylic acids is 2. The third-order valence-corrected chi connectivity index (χ3v) is 4.28. The molecule has 1 heterocycles. The SMILES string of the molecule is O=C1c2cccc3c([N+](=O)[O-])ccc(c23)C(=O)N1/N=C/c1ccc(O)cc1. The minimum absolute atomic E-state index is 0.0828. The van der Waals surface area contributed by atoms with Crippen molar-refractivity contribution in [2.24, 2.45) is 5.10 Å². The molecule has 1 aliphatic heterocycles. The number of nitro groups is 1. The average molecular weight is 361 g/mol. The molecule has 132 valence electrons. The van der Waals surface area contributed by atoms with E-state index in [9.17, 15) is 24.8 Å². The molecule has 0 spiro atoms. The molecule has 0 aromatic heterocycles. The van der Waals surface area contributed by atoms with E-state index in [0.29, 0.717) is 5.56 Å². The number of carbonyl (C=O) groups is 2. The maximum atomic E-state index is 12.8. The van der Waals surface area contributed by atoms with Gasteiger partial charge in [-0.3, -0.25) is 19.7 Å². The summed E-state index contributed by atoms with van der Waals surface area (Å²) in [6.45, 7) is 0. The fourth-order valence-electron chi connectivity index (χ4n) is 3.02. The lowest BCUT2D eigenvalue weighted by Crippen LogP contribution is -2.36. The van der Waals surface area contributed by atoms with Gasteiger partial charge >= 0.3 is 0 Å². The van der Waals surface area contributed by atoms with Crippen LogP contribution >= 0.6 is 0 Å². The Labute approximate surface area is 152 Å². The number of benzene rings is 3. The number of phenols is 1. The third-order valence-electron chi connectivity index (χ3n) is 4.28. The molecule has 0 bridgehead atoms. The van der Waals surface area contributed by atoms with Gasteiger partial charge in [-0.2, -0.15) is 10.1 Å². The number of nitrogens with zero attached hydrogens (tertiary/aromatic N) is 3. The number of aromatic hydroxyl groups is 1. The first kappa shape index (κ1) is 16.4. The highest BCUT2D eigenvalue weighted by atomic mass is 16.6. The van der Waals surface area contributed by atoms with Gasteiger partial charge in [0, 0.05) is 11.5 Å². The molecule has 0 aliphatic carbocycles. The minimum atomic E-state index is -0.659. The first-order valence-electron chi connectivity index (χ1n) is 7.89. The molecule has 0 radical (unpaired) electrons. The van der Waals surface area contributed by atoms with Crippen LogP contribution in [0.15, 0.2) is 59.7 Å². The molecule has 8 nitrogen and oxygen atoms in total. The van der Waals surface area contributed by atoms with E-state index in [1.807, 2.05) is 0 Å². The summed E-state index contributed by atoms with van der Waals surface area (Å²) in [5.74, 6) is -1.23. The molecule has 1 N–H and O–H groups in total. The first-order valence-corrected chi connectivity index (χ1v) is 7.89. The lowest BCUT2D eigenvalue weighted by atomic mass is 9.94. The molecule has 27 heavy (non-hydrogen) atoms. The van der Waals surface area contributed by atoms with Gasteiger partial charge in [-0.25, -0.2) is 0 Å². The van der Waals surface area contributed by atoms with Gasteiger partial charge in [0.2, 0.25) is 0 Å². The monoisotopic (exact) mass is 361 g/mol. The fourth-order valence-corrected chi connectivity index (χ4v) is 3.02. The summed E-state index contributed by atoms with van der Waals surface area (Å²) in [7, 11) is 0. The van der Waals surface area contributed by atoms with E-state index in [0.717, 1.165) is 5.01 Å². The molecular weight excluding hydrogens is 350 g/mol. The Morgan fingerprint density at radius 1 is 0.963 bits per heavy atom. The number of hydrogen-bond acceptors (Lipinski definition) is 6. The van der Waals surface area contributed by atoms with Gasteiger partial charge in [-0.05, 0) is 48.0 Å². The largest absolute Gasteiger partial charge is 0.508 e. The standard InChI is InChI=1S/C19H11N3O5/c23-12-6-4-11(5-7-12)10-20-21-18(24)14-3-1-2-13-16(22(26)27)9-8-15(17(13)14)19(21)25/h1-10,23H/b20-10+. The van der Waals surface area contributed by atoms with Crippen LogP contribution in [-0.4, -0.2) is 33.1 Å². The van der Waals surface area contributed by atoms with Gasteiger partial charge in [0.25, 0.3) is 17.5 Å². The average Bonchev–Trinajstić information content (AvgIpc) is 2.66. The molecule has 2 amide bonds. The van der Waals surface area contributed by atoms with Crippen LogP contribution in [0, 0.1) is 10.1 Å². The van der Waals surface area contributed by atoms with Crippen LogP contribution in [0.2, 0.25) is 0 Å². The Bertz CT molecular complexity index is 1130. The Balaban J connectivity index is 1.82. The number of imide groups is 1. The quantitative estimate of drug-likeness (QED) is 0.333. The molecule has 0 unspecified atom stereocenters. The van der Waals surface area contributed by atoms with Crippen LogP contribution in [0.1, 0.15) is 26.3 Å². The number of non-ortho nitro benzene ring substituents is 1. The van der Waals surface area contributed by atoms with Gasteiger partial charge in [-0.1, -0.05) is 6.07 Å². The van der Waals surface area contributed by atoms with Crippen molar-refractivity contribution in [1.82, 2.24) is 5.01 Å². The smallest absolute Gasteiger partial charge is 0.282 e. The molecular formula is C19H11N3O5. The molecule has 3 aromatic carbocycles. The van der Waals surface area contributed by atoms with E-state index < -0.39 is 16.7 Å². The zero-order valence-corrected chi connectivity index (χ0v) is 13.7. The second kappa shape index (κ2) is 6.03. The maximum Gasteiger partial charge on any atom is 0.282 e. The van der Waals surface area contributed by atoms with Gasteiger partial charge in [-0.15, -0.1) is 0 Å². The van der Waals surface area contributed by atoms with Crippen molar-refractivity contribution in [3.63, 3.8) is 0 Å². The van der Waals surface area contributed by atoms with Gasteiger partial charge in [0.05, 0.1) is 27.7 Å². The predicted octanol–water partition coefficient (Wildman–Crippen LogP) is 3.08. The number of amides is 2. The van der Waals surface area contributed by atoms with Gasteiger partial charge in [0.1, 0.15) is 5.75 Å². The molecule has 3 aromatic rings. The zero-order chi connectivity index (χ0) is 19.1. The van der Waals surface area contributed by atoms with E-state index in [-0.39, 0.29) is 33.3 Å². The number of phenolic OH excluding ortho intramolecular Hbond substituents is 1. The highest BCUT2D eigenvalue weighted by molar-refractivity contribution is 6.26. The zero-order valence-electron chi connectivity index (χ0n) is 13.7. The Hall–Kier alpha value is -4.07. The molecule has 0 saturated heterocycles. The van der Waals surface area contributed by atoms with E-state index in [1.165, 1.54) is 48.7 Å². The van der Waals surface area contributed by atoms with Crippen molar-refractivity contribution in [3.8, 4) is 5.75 Å². The second-order valence-corrected chi connectivity index (χ2v) is 5.88. The van der Waals surface area contributed by atoms with Crippen molar-refractivity contribution < 1.29 is 19.6 Å². The summed E-state index contributed by atoms with van der Waals surface area (Å²) in [4.78, 5) is 36.2. The summed E-state index contributed by atoms with van der Waals surface area (Å²) in [6.07, 6.45) is 1.33. The summed E-state index contributed by atoms with van der Waals surface area (Å²) in [6, 6.07) is 13.2. The van der Waals surface area contributed by atoms with E-state index >= 15 is 0 Å². The number of hydrazone groups is 1. The van der Waals surface area contributed by atoms with Crippen molar-refractivity contribution in [2.75, 3.05) is 0 Å². The van der Waals surface area contributed by atoms with Crippen LogP contribution in [0.5, 0.6) is 5.75 Å². The Morgan fingerprint density at radius 2 is 1.63 bits per heavy atom. The lowest BCUT2D eigenvalue weighted by molar-refractivity contribution is -0.383. The minimum Gasteiger partial charge on any atom is -0.508 e. The molecule has 0 atom stereocenters. The highest BCUT2D eigenvalue weighted by Crippen LogP contribution is 2.35. The third kappa shape index (κ3) is 2.60. The Morgan fingerprint density at radius 3 is 2.30 bits per heavy atom. The normalized spacial score (nSPS) is 13.6. The second-order valence-electron chi connectivity index (χ2n) is 5.88. The van der Waals surface area contributed by atoms with Gasteiger partial charge in [0.15, 0.2) is 0 Å². The van der Waals surface area contributed by atoms with E-state index in [2.05, 4.69) is 5.10 Å². The number of nitro benzene ring substituents is 1. The van der Waals surface area contributed by atoms with Crippen LogP contribution in [0.4, 0.5) is 5.69 Å². The van der Waals surface area contributed by atoms with Crippen molar-refractivity contribution >= 4 is 34.5 Å². The molecule has 4 rings (SSSR count). The summed E-state index contributed by atoms with van der Waals surface area (Å²) >= 11 is 0. The number of rotatable bonds is 3. The molecule has 8 heteroatoms. The number of hydrogen-bond donors (Lipinski definition) is 1. The molecule has 0 saturated carbocycles.